The van der Waals surface area contributed by atoms with Gasteiger partial charge in [0, 0.05) is 18.7 Å². The van der Waals surface area contributed by atoms with Crippen molar-refractivity contribution in [3.63, 3.8) is 0 Å². The first-order chi connectivity index (χ1) is 7.91. The van der Waals surface area contributed by atoms with E-state index in [2.05, 4.69) is 13.8 Å². The Hall–Kier alpha value is -1.12. The second-order valence-corrected chi connectivity index (χ2v) is 5.19. The van der Waals surface area contributed by atoms with Gasteiger partial charge in [-0.05, 0) is 24.0 Å². The largest absolute Gasteiger partial charge is 0.365 e. The lowest BCUT2D eigenvalue weighted by molar-refractivity contribution is 0.0257. The molecule has 1 aromatic rings. The molecule has 0 aromatic heterocycles. The molecule has 0 N–H and O–H groups in total. The standard InChI is InChI=1S/C14H19F2N/c1-10(2)12-6-4-5-11(3)13(12)17-8-7-14(15,16)9-17/h4-6,10H,7-9H2,1-3H3. The van der Waals surface area contributed by atoms with Gasteiger partial charge >= 0.3 is 0 Å². The Morgan fingerprint density at radius 3 is 2.53 bits per heavy atom. The summed E-state index contributed by atoms with van der Waals surface area (Å²) in [7, 11) is 0. The maximum atomic E-state index is 13.3. The second kappa shape index (κ2) is 4.28. The monoisotopic (exact) mass is 239 g/mol. The molecule has 1 aromatic carbocycles. The first-order valence-electron chi connectivity index (χ1n) is 6.13. The zero-order valence-corrected chi connectivity index (χ0v) is 10.6. The van der Waals surface area contributed by atoms with Crippen LogP contribution < -0.4 is 4.90 Å². The number of rotatable bonds is 2. The van der Waals surface area contributed by atoms with Crippen molar-refractivity contribution in [3.8, 4) is 0 Å². The van der Waals surface area contributed by atoms with Crippen LogP contribution in [0.4, 0.5) is 14.5 Å². The number of nitrogens with zero attached hydrogens (tertiary/aromatic N) is 1. The molecule has 1 saturated heterocycles. The van der Waals surface area contributed by atoms with Crippen LogP contribution >= 0.6 is 0 Å². The summed E-state index contributed by atoms with van der Waals surface area (Å²) in [5, 5.41) is 0. The van der Waals surface area contributed by atoms with Gasteiger partial charge in [0.05, 0.1) is 6.54 Å². The second-order valence-electron chi connectivity index (χ2n) is 5.19. The van der Waals surface area contributed by atoms with E-state index in [-0.39, 0.29) is 13.0 Å². The van der Waals surface area contributed by atoms with Crippen molar-refractivity contribution in [2.24, 2.45) is 0 Å². The third-order valence-corrected chi connectivity index (χ3v) is 3.38. The maximum absolute atomic E-state index is 13.3. The van der Waals surface area contributed by atoms with E-state index in [1.54, 1.807) is 0 Å². The summed E-state index contributed by atoms with van der Waals surface area (Å²) in [4.78, 5) is 1.84. The van der Waals surface area contributed by atoms with E-state index in [1.807, 2.05) is 30.0 Å². The third kappa shape index (κ3) is 2.43. The molecule has 0 saturated carbocycles. The summed E-state index contributed by atoms with van der Waals surface area (Å²) in [5.41, 5.74) is 3.27. The molecule has 0 radical (unpaired) electrons. The topological polar surface area (TPSA) is 3.24 Å². The highest BCUT2D eigenvalue weighted by atomic mass is 19.3. The summed E-state index contributed by atoms with van der Waals surface area (Å²) < 4.78 is 26.6. The highest BCUT2D eigenvalue weighted by Crippen LogP contribution is 2.37. The number of para-hydroxylation sites is 1. The van der Waals surface area contributed by atoms with Crippen LogP contribution in [0.5, 0.6) is 0 Å². The van der Waals surface area contributed by atoms with Crippen LogP contribution in [-0.2, 0) is 0 Å². The highest BCUT2D eigenvalue weighted by molar-refractivity contribution is 5.61. The smallest absolute Gasteiger partial charge is 0.266 e. The first kappa shape index (κ1) is 12.3. The Morgan fingerprint density at radius 1 is 1.29 bits per heavy atom. The normalized spacial score (nSPS) is 19.1. The van der Waals surface area contributed by atoms with Gasteiger partial charge in [0.2, 0.25) is 0 Å². The molecule has 1 fully saturated rings. The number of aryl methyl sites for hydroxylation is 1. The van der Waals surface area contributed by atoms with Crippen molar-refractivity contribution in [1.82, 2.24) is 0 Å². The number of alkyl halides is 2. The molecule has 1 heterocycles. The van der Waals surface area contributed by atoms with Crippen LogP contribution in [0.2, 0.25) is 0 Å². The average Bonchev–Trinajstić information content (AvgIpc) is 2.58. The molecule has 0 unspecified atom stereocenters. The van der Waals surface area contributed by atoms with E-state index >= 15 is 0 Å². The minimum Gasteiger partial charge on any atom is -0.365 e. The SMILES string of the molecule is Cc1cccc(C(C)C)c1N1CCC(F)(F)C1. The Balaban J connectivity index is 2.38. The van der Waals surface area contributed by atoms with Crippen LogP contribution in [0.3, 0.4) is 0 Å². The molecule has 0 bridgehead atoms. The van der Waals surface area contributed by atoms with Crippen LogP contribution in [0.25, 0.3) is 0 Å². The van der Waals surface area contributed by atoms with Gasteiger partial charge < -0.3 is 4.90 Å². The summed E-state index contributed by atoms with van der Waals surface area (Å²) in [6.07, 6.45) is -0.0289. The van der Waals surface area contributed by atoms with Crippen LogP contribution in [0.15, 0.2) is 18.2 Å². The van der Waals surface area contributed by atoms with Gasteiger partial charge in [-0.15, -0.1) is 0 Å². The van der Waals surface area contributed by atoms with E-state index in [0.717, 1.165) is 11.3 Å². The molecule has 0 amide bonds. The van der Waals surface area contributed by atoms with E-state index in [0.29, 0.717) is 12.5 Å². The lowest BCUT2D eigenvalue weighted by Gasteiger charge is -2.25. The van der Waals surface area contributed by atoms with Gasteiger partial charge in [-0.3, -0.25) is 0 Å². The number of anilines is 1. The maximum Gasteiger partial charge on any atom is 0.266 e. The highest BCUT2D eigenvalue weighted by Gasteiger charge is 2.39. The fourth-order valence-corrected chi connectivity index (χ4v) is 2.51. The Morgan fingerprint density at radius 2 is 2.00 bits per heavy atom. The van der Waals surface area contributed by atoms with E-state index in [4.69, 9.17) is 0 Å². The molecule has 1 nitrogen and oxygen atoms in total. The van der Waals surface area contributed by atoms with Crippen molar-refractivity contribution in [1.29, 1.82) is 0 Å². The number of hydrogen-bond acceptors (Lipinski definition) is 1. The molecule has 1 aliphatic heterocycles. The van der Waals surface area contributed by atoms with Crippen molar-refractivity contribution >= 4 is 5.69 Å². The third-order valence-electron chi connectivity index (χ3n) is 3.38. The zero-order chi connectivity index (χ0) is 12.6. The van der Waals surface area contributed by atoms with Gasteiger partial charge in [-0.2, -0.15) is 0 Å². The minimum absolute atomic E-state index is 0.0289. The predicted molar refractivity (Wildman–Crippen MR) is 67.0 cm³/mol. The van der Waals surface area contributed by atoms with E-state index < -0.39 is 5.92 Å². The Labute approximate surface area is 101 Å². The van der Waals surface area contributed by atoms with Crippen LogP contribution in [0, 0.1) is 6.92 Å². The molecular formula is C14H19F2N. The molecule has 0 atom stereocenters. The van der Waals surface area contributed by atoms with Crippen LogP contribution in [0.1, 0.15) is 37.3 Å². The van der Waals surface area contributed by atoms with Crippen molar-refractivity contribution in [2.75, 3.05) is 18.0 Å². The molecule has 1 aliphatic rings. The van der Waals surface area contributed by atoms with Crippen molar-refractivity contribution in [3.05, 3.63) is 29.3 Å². The Kier molecular flexibility index (Phi) is 3.11. The van der Waals surface area contributed by atoms with Crippen LogP contribution in [-0.4, -0.2) is 19.0 Å². The number of halogens is 2. The lowest BCUT2D eigenvalue weighted by Crippen LogP contribution is -2.26. The van der Waals surface area contributed by atoms with Crippen molar-refractivity contribution in [2.45, 2.75) is 39.0 Å². The predicted octanol–water partition coefficient (Wildman–Crippen LogP) is 3.96. The Bertz CT molecular complexity index is 413. The molecule has 0 aliphatic carbocycles. The first-order valence-corrected chi connectivity index (χ1v) is 6.13. The average molecular weight is 239 g/mol. The fraction of sp³-hybridized carbons (Fsp3) is 0.571. The molecule has 3 heteroatoms. The molecule has 94 valence electrons. The summed E-state index contributed by atoms with van der Waals surface area (Å²) in [5.74, 6) is -2.17. The van der Waals surface area contributed by atoms with E-state index in [9.17, 15) is 8.78 Å². The van der Waals surface area contributed by atoms with Gasteiger partial charge in [-0.1, -0.05) is 32.0 Å². The minimum atomic E-state index is -2.53. The van der Waals surface area contributed by atoms with Gasteiger partial charge in [0.1, 0.15) is 0 Å². The van der Waals surface area contributed by atoms with Gasteiger partial charge in [0.15, 0.2) is 0 Å². The summed E-state index contributed by atoms with van der Waals surface area (Å²) in [6.45, 7) is 6.52. The summed E-state index contributed by atoms with van der Waals surface area (Å²) in [6, 6.07) is 6.05. The molecule has 2 rings (SSSR count). The molecule has 0 spiro atoms. The molecular weight excluding hydrogens is 220 g/mol. The lowest BCUT2D eigenvalue weighted by atomic mass is 9.97. The van der Waals surface area contributed by atoms with E-state index in [1.165, 1.54) is 5.56 Å². The zero-order valence-electron chi connectivity index (χ0n) is 10.6. The molecule has 17 heavy (non-hydrogen) atoms. The van der Waals surface area contributed by atoms with Crippen molar-refractivity contribution < 1.29 is 8.78 Å². The summed E-state index contributed by atoms with van der Waals surface area (Å²) >= 11 is 0. The number of hydrogen-bond donors (Lipinski definition) is 0. The fourth-order valence-electron chi connectivity index (χ4n) is 2.51. The number of benzene rings is 1. The quantitative estimate of drug-likeness (QED) is 0.755. The van der Waals surface area contributed by atoms with Gasteiger partial charge in [-0.25, -0.2) is 8.78 Å². The van der Waals surface area contributed by atoms with Gasteiger partial charge in [0.25, 0.3) is 5.92 Å².